The number of primary amides is 1. The molecule has 7 heterocycles. The number of hydrogen-bond donors (Lipinski definition) is 21. The summed E-state index contributed by atoms with van der Waals surface area (Å²) in [6, 6.07) is 20.2. The van der Waals surface area contributed by atoms with Crippen LogP contribution in [-0.4, -0.2) is 205 Å². The minimum absolute atomic E-state index is 0.0586. The Morgan fingerprint density at radius 1 is 0.672 bits per heavy atom. The number of nitrogens with one attached hydrogen (secondary N) is 10. The number of likely N-dealkylation sites (N-methyl/N-ethyl adjacent to an activating group) is 1. The summed E-state index contributed by atoms with van der Waals surface area (Å²) in [4.78, 5) is 135. The SMILES string of the molecule is CN[C@H](CC(C)C)C(=O)N[C@H]1C(=O)N[C@@H](CC(N)=O)C(=O)NC2C(=O)NC3C(=O)N[C@H](C(=O)N[C@@H](C(=O)NCCCN)c4cc(O)cc(O)c4-c4cc3ccc4O)[C@H](O)c3ccc(c(Cl)c3)Oc3cc2cc(c3OC2O[C@H](CO)[C@@H](O)[C@@H](O)[C@H]2O[C@H]2C[C@](C)(NCc3cccc(NC(=O)c4ccc(C)c(OCc5ccccc5)c4C)c3)[C@H](O)[C@H](C)O2)Oc2ccc(cc2Cl)[C@H]1O. The monoisotopic (exact) mass is 1850 g/mol. The van der Waals surface area contributed by atoms with Crippen molar-refractivity contribution in [1.29, 1.82) is 0 Å². The number of amides is 9. The predicted molar refractivity (Wildman–Crippen MR) is 472 cm³/mol. The molecule has 0 saturated carbocycles. The van der Waals surface area contributed by atoms with Crippen LogP contribution in [0.4, 0.5) is 5.69 Å². The van der Waals surface area contributed by atoms with Crippen molar-refractivity contribution in [2.45, 2.75) is 190 Å². The zero-order valence-corrected chi connectivity index (χ0v) is 73.6. The number of nitrogens with two attached hydrogens (primary N) is 2. The number of anilines is 1. The van der Waals surface area contributed by atoms with E-state index in [-0.39, 0.29) is 84.4 Å². The third-order valence-electron chi connectivity index (χ3n) is 23.4. The molecular weight excluding hydrogens is 1740 g/mol. The van der Waals surface area contributed by atoms with Crippen LogP contribution in [0.15, 0.2) is 146 Å². The van der Waals surface area contributed by atoms with E-state index < -0.39 is 237 Å². The van der Waals surface area contributed by atoms with Gasteiger partial charge < -0.3 is 144 Å². The number of hydrogen-bond acceptors (Lipinski definition) is 28. The molecule has 7 aliphatic heterocycles. The number of fused-ring (bicyclic) bond motifs is 15. The second kappa shape index (κ2) is 41.4. The van der Waals surface area contributed by atoms with Crippen LogP contribution in [0.3, 0.4) is 0 Å². The summed E-state index contributed by atoms with van der Waals surface area (Å²) in [6.45, 7) is 9.89. The summed E-state index contributed by atoms with van der Waals surface area (Å²) in [5.74, 6) is -14.7. The number of carbonyl (C=O) groups excluding carboxylic acids is 9. The number of phenols is 3. The maximum Gasteiger partial charge on any atom is 0.256 e. The van der Waals surface area contributed by atoms with Gasteiger partial charge in [0.05, 0.1) is 41.3 Å². The Bertz CT molecular complexity index is 5640. The van der Waals surface area contributed by atoms with E-state index in [0.29, 0.717) is 28.1 Å². The van der Waals surface area contributed by atoms with E-state index in [4.69, 9.17) is 67.8 Å². The number of aliphatic hydroxyl groups is 6. The van der Waals surface area contributed by atoms with Gasteiger partial charge in [-0.1, -0.05) is 104 Å². The van der Waals surface area contributed by atoms with Crippen LogP contribution in [0, 0.1) is 19.8 Å². The van der Waals surface area contributed by atoms with Crippen molar-refractivity contribution in [3.05, 3.63) is 211 Å². The third kappa shape index (κ3) is 21.8. The largest absolute Gasteiger partial charge is 0.508 e. The van der Waals surface area contributed by atoms with Crippen LogP contribution in [-0.2, 0) is 65.7 Å². The number of halogens is 2. The normalized spacial score (nSPS) is 25.2. The molecule has 39 heteroatoms. The van der Waals surface area contributed by atoms with Crippen molar-refractivity contribution >= 4 is 82.1 Å². The highest BCUT2D eigenvalue weighted by atomic mass is 35.5. The minimum Gasteiger partial charge on any atom is -0.508 e. The molecule has 15 rings (SSSR count). The average molecular weight is 1850 g/mol. The smallest absolute Gasteiger partial charge is 0.256 e. The standard InChI is InChI=1S/C92H104Cl2N12O25/c1-41(2)27-58(97-7)84(118)105-73-75(112)48-19-23-62(56(93)30-48)127-64-32-50-33-65(80(64)131-91-81(78(115)77(114)66(39-107)129-91)130-68-37-92(6,82(116)44(5)126-68)99-38-46-15-11-16-51(28-46)100-83(117)53-21-17-42(3)79(43(53)4)125-40-45-13-9-8-10-14-45)128-63-24-20-49(31-57(63)94)76(113)74-90(124)104-72(86(120)98-26-12-25-95)55-34-52(108)35-61(110)69(55)54-29-47(18-22-60(54)109)70(87(121)106-74)103-88(122)71(50)102-85(119)59(36-67(96)111)101-89(73)123/h8-11,13-24,28-35,41,44,58-59,66,68,70-78,81-82,91,97,99,107-110,112-116H,12,25-27,36-40,95H2,1-7H3,(H2,96,111)(H,98,120)(H,100,117)(H,101,123)(H,102,119)(H,103,122)(H,104,124)(H,105,118)(H,106,121)/t44-,58+,59-,66+,68-,70?,71?,72+,73+,74-,75+,76+,77+,78+,81+,82+,91?,92-/m0/s1. The Labute approximate surface area is 761 Å². The van der Waals surface area contributed by atoms with Gasteiger partial charge in [0.2, 0.25) is 59.3 Å². The molecule has 3 unspecified atom stereocenters. The van der Waals surface area contributed by atoms with Crippen LogP contribution >= 0.6 is 23.2 Å². The Balaban J connectivity index is 0.933. The third-order valence-corrected chi connectivity index (χ3v) is 24.0. The lowest BCUT2D eigenvalue weighted by molar-refractivity contribution is -0.334. The molecule has 9 amide bonds. The topological polar surface area (TPSA) is 573 Å². The zero-order valence-electron chi connectivity index (χ0n) is 72.1. The van der Waals surface area contributed by atoms with Crippen LogP contribution in [0.25, 0.3) is 11.1 Å². The molecule has 18 atom stereocenters. The number of aryl methyl sites for hydroxylation is 1. The van der Waals surface area contributed by atoms with Crippen LogP contribution in [0.5, 0.6) is 51.7 Å². The lowest BCUT2D eigenvalue weighted by atomic mass is 9.84. The molecule has 0 aliphatic carbocycles. The van der Waals surface area contributed by atoms with Crippen molar-refractivity contribution in [1.82, 2.24) is 47.9 Å². The van der Waals surface area contributed by atoms with E-state index in [1.807, 2.05) is 51.1 Å². The van der Waals surface area contributed by atoms with Gasteiger partial charge in [0.1, 0.15) is 108 Å². The van der Waals surface area contributed by atoms with Gasteiger partial charge in [0.15, 0.2) is 23.9 Å². The summed E-state index contributed by atoms with van der Waals surface area (Å²) in [7, 11) is 1.48. The average Bonchev–Trinajstić information content (AvgIpc) is 0.760. The van der Waals surface area contributed by atoms with Crippen molar-refractivity contribution in [3.8, 4) is 62.9 Å². The van der Waals surface area contributed by atoms with Crippen molar-refractivity contribution in [2.24, 2.45) is 17.4 Å². The second-order valence-corrected chi connectivity index (χ2v) is 34.2. The van der Waals surface area contributed by atoms with Gasteiger partial charge in [0, 0.05) is 59.1 Å². The highest BCUT2D eigenvalue weighted by Crippen LogP contribution is 2.50. The van der Waals surface area contributed by atoms with Gasteiger partial charge in [-0.25, -0.2) is 0 Å². The van der Waals surface area contributed by atoms with Crippen LogP contribution in [0.2, 0.25) is 10.0 Å². The maximum atomic E-state index is 16.4. The lowest BCUT2D eigenvalue weighted by Gasteiger charge is -2.48. The van der Waals surface area contributed by atoms with Crippen molar-refractivity contribution in [3.63, 3.8) is 0 Å². The number of ether oxygens (including phenoxy) is 7. The minimum atomic E-state index is -2.37. The molecule has 0 spiro atoms. The predicted octanol–water partition coefficient (Wildman–Crippen LogP) is 4.77. The quantitative estimate of drug-likeness (QED) is 0.0362. The van der Waals surface area contributed by atoms with Gasteiger partial charge in [-0.3, -0.25) is 43.2 Å². The first-order valence-corrected chi connectivity index (χ1v) is 43.0. The summed E-state index contributed by atoms with van der Waals surface area (Å²) in [5.41, 5.74) is 11.7. The number of carbonyl (C=O) groups is 9. The summed E-state index contributed by atoms with van der Waals surface area (Å²) >= 11 is 14.5. The molecule has 7 aliphatic rings. The van der Waals surface area contributed by atoms with Crippen LogP contribution in [0.1, 0.15) is 144 Å². The molecule has 37 nitrogen and oxygen atoms in total. The van der Waals surface area contributed by atoms with Crippen molar-refractivity contribution < 1.29 is 122 Å². The molecule has 2 fully saturated rings. The molecule has 0 aromatic heterocycles. The Morgan fingerprint density at radius 2 is 1.33 bits per heavy atom. The molecule has 8 aromatic carbocycles. The van der Waals surface area contributed by atoms with E-state index in [1.54, 1.807) is 57.2 Å². The molecule has 696 valence electrons. The lowest BCUT2D eigenvalue weighted by Crippen LogP contribution is -2.65. The second-order valence-electron chi connectivity index (χ2n) is 33.4. The first kappa shape index (κ1) is 96.3. The zero-order chi connectivity index (χ0) is 94.3. The maximum absolute atomic E-state index is 16.4. The molecule has 11 bridgehead atoms. The van der Waals surface area contributed by atoms with Crippen LogP contribution < -0.4 is 83.6 Å². The molecule has 2 saturated heterocycles. The number of aromatic hydroxyl groups is 3. The fourth-order valence-electron chi connectivity index (χ4n) is 16.4. The van der Waals surface area contributed by atoms with E-state index in [2.05, 4.69) is 53.2 Å². The number of benzene rings is 8. The number of rotatable bonds is 24. The molecule has 0 radical (unpaired) electrons. The van der Waals surface area contributed by atoms with Gasteiger partial charge in [0.25, 0.3) is 5.91 Å². The van der Waals surface area contributed by atoms with E-state index in [0.717, 1.165) is 71.8 Å². The Morgan fingerprint density at radius 3 is 1.98 bits per heavy atom. The van der Waals surface area contributed by atoms with Gasteiger partial charge in [-0.2, -0.15) is 0 Å². The summed E-state index contributed by atoms with van der Waals surface area (Å²) in [6.07, 6.45) is -18.9. The summed E-state index contributed by atoms with van der Waals surface area (Å²) in [5, 5.41) is 134. The first-order chi connectivity index (χ1) is 62.4. The van der Waals surface area contributed by atoms with Gasteiger partial charge in [-0.05, 0) is 177 Å². The first-order valence-electron chi connectivity index (χ1n) is 42.3. The Hall–Kier alpha value is -12.3. The van der Waals surface area contributed by atoms with Gasteiger partial charge in [-0.15, -0.1) is 0 Å². The molecule has 23 N–H and O–H groups in total. The van der Waals surface area contributed by atoms with Gasteiger partial charge >= 0.3 is 0 Å². The van der Waals surface area contributed by atoms with E-state index in [9.17, 15) is 65.1 Å². The fourth-order valence-corrected chi connectivity index (χ4v) is 16.8. The van der Waals surface area contributed by atoms with E-state index >= 15 is 24.0 Å². The van der Waals surface area contributed by atoms with E-state index in [1.165, 1.54) is 25.2 Å². The highest BCUT2D eigenvalue weighted by molar-refractivity contribution is 6.32. The highest BCUT2D eigenvalue weighted by Gasteiger charge is 2.52. The molecular formula is C92H104Cl2N12O25. The number of aliphatic hydroxyl groups excluding tert-OH is 6. The Kier molecular flexibility index (Phi) is 30.4. The summed E-state index contributed by atoms with van der Waals surface area (Å²) < 4.78 is 46.1. The fraction of sp³-hybridized carbons (Fsp3) is 0.380. The molecule has 8 aromatic rings. The molecule has 131 heavy (non-hydrogen) atoms. The number of phenolic OH excluding ortho intramolecular Hbond substituents is 3. The van der Waals surface area contributed by atoms with Crippen molar-refractivity contribution in [2.75, 3.05) is 32.1 Å².